The van der Waals surface area contributed by atoms with Gasteiger partial charge in [0.1, 0.15) is 68.5 Å². The minimum absolute atomic E-state index is 0.00154. The third-order valence-corrected chi connectivity index (χ3v) is 19.9. The first kappa shape index (κ1) is 99.2. The van der Waals surface area contributed by atoms with Crippen molar-refractivity contribution in [3.63, 3.8) is 0 Å². The van der Waals surface area contributed by atoms with E-state index in [1.54, 1.807) is 0 Å². The first-order valence-corrected chi connectivity index (χ1v) is 43.3. The molecule has 3 aliphatic heterocycles. The maximum atomic E-state index is 15.0. The average Bonchev–Trinajstić information content (AvgIpc) is 0.753. The van der Waals surface area contributed by atoms with E-state index in [2.05, 4.69) is 16.0 Å². The van der Waals surface area contributed by atoms with Crippen LogP contribution >= 0.6 is 0 Å². The number of rotatable bonds is 62. The monoisotopic (exact) mass is 1580 g/mol. The highest BCUT2D eigenvalue weighted by Gasteiger charge is 2.59. The Balaban J connectivity index is 2.71. The van der Waals surface area contributed by atoms with Gasteiger partial charge >= 0.3 is 47.8 Å². The molecule has 3 N–H and O–H groups in total. The lowest BCUT2D eigenvalue weighted by Gasteiger charge is -2.51. The number of hydrogen-bond donors (Lipinski definition) is 3. The molecule has 15 atom stereocenters. The molecule has 0 aromatic carbocycles. The van der Waals surface area contributed by atoms with Gasteiger partial charge in [0.25, 0.3) is 0 Å². The first-order valence-electron chi connectivity index (χ1n) is 43.3. The normalized spacial score (nSPS) is 23.6. The molecule has 3 heterocycles. The number of unbranched alkanes of at least 4 members (excludes halogenated alkanes) is 22. The molecule has 0 aromatic rings. The Morgan fingerprint density at radius 1 is 0.225 bits per heavy atom. The van der Waals surface area contributed by atoms with Crippen molar-refractivity contribution in [3.05, 3.63) is 0 Å². The fraction of sp³-hybridized carbons (Fsp3) is 0.869. The lowest BCUT2D eigenvalue weighted by atomic mass is 9.92. The second kappa shape index (κ2) is 60.5. The molecule has 1 unspecified atom stereocenters. The van der Waals surface area contributed by atoms with Crippen LogP contribution in [-0.2, 0) is 114 Å². The van der Waals surface area contributed by atoms with Crippen LogP contribution in [-0.4, -0.2) is 177 Å². The fourth-order valence-corrected chi connectivity index (χ4v) is 13.4. The number of hydrogen-bond acceptors (Lipinski definition) is 24. The van der Waals surface area contributed by atoms with Gasteiger partial charge in [0, 0.05) is 70.6 Å². The maximum absolute atomic E-state index is 15.0. The SMILES string of the molecule is CCCCCC(=O)N[C@H]1[C@H](O[C@H]2[C@H](OC(=O)CCCCC)[C@@H](NC(=O)CCCCC)[C@H](O[C@H]3[C@H](OC(=O)CCCCC)[C@@H](NC(=O)CCCCC)C(OC(=O)CCCCC)O[C@@H]3COC(=O)CCCCC)O[C@@H]2COC(=O)CCCCC)O[C@H](COC(=O)CCCCC)[C@@H](OC(=O)CCCCC)[C@@H]1OC(=O)CCCCC. The van der Waals surface area contributed by atoms with Gasteiger partial charge in [-0.05, 0) is 70.6 Å². The highest BCUT2D eigenvalue weighted by atomic mass is 16.8. The molecule has 3 aliphatic rings. The molecule has 3 saturated heterocycles. The number of esters is 8. The third kappa shape index (κ3) is 40.2. The Bertz CT molecular complexity index is 2650. The summed E-state index contributed by atoms with van der Waals surface area (Å²) in [4.78, 5) is 159. The standard InChI is InChI=1S/C84H145N3O24/c1-12-23-34-45-62(88)85-73-80(107-70(96)53-42-31-20-9)77(60(57-100-66(92)49-38-27-16-5)102-82(73)109-72(98)55-44-33-22-11)110-84-75(87-64(90)47-36-25-14-3)81(108-71(97)54-43-32-21-10)78(61(104-84)58-101-67(93)50-39-28-17-6)111-83-74(86-63(89)46-35-24-13-2)79(106-69(95)52-41-30-19-8)76(105-68(94)51-40-29-18-7)59(103-83)56-99-65(91)48-37-26-15-4/h59-61,73-84H,12-58H2,1-11H3,(H,85,88)(H,86,89)(H,87,90)/t59-,60-,61-,73-,74-,75-,76-,77-,78-,79-,80-,81-,82?,83+,84+/m1/s1. The lowest BCUT2D eigenvalue weighted by Crippen LogP contribution is -2.72. The van der Waals surface area contributed by atoms with Crippen LogP contribution < -0.4 is 16.0 Å². The predicted molar refractivity (Wildman–Crippen MR) is 416 cm³/mol. The van der Waals surface area contributed by atoms with Crippen molar-refractivity contribution in [1.82, 2.24) is 16.0 Å². The maximum Gasteiger partial charge on any atom is 0.308 e. The van der Waals surface area contributed by atoms with E-state index in [1.165, 1.54) is 0 Å². The quantitative estimate of drug-likeness (QED) is 0.0289. The Hall–Kier alpha value is -6.03. The van der Waals surface area contributed by atoms with Gasteiger partial charge in [-0.3, -0.25) is 52.7 Å². The molecule has 27 nitrogen and oxygen atoms in total. The van der Waals surface area contributed by atoms with Crippen molar-refractivity contribution < 1.29 is 114 Å². The largest absolute Gasteiger partial charge is 0.463 e. The second-order valence-corrected chi connectivity index (χ2v) is 30.0. The number of ether oxygens (including phenoxy) is 13. The van der Waals surface area contributed by atoms with E-state index in [0.717, 1.165) is 70.6 Å². The van der Waals surface area contributed by atoms with Crippen molar-refractivity contribution in [2.24, 2.45) is 0 Å². The summed E-state index contributed by atoms with van der Waals surface area (Å²) in [6, 6.07) is -4.84. The first-order chi connectivity index (χ1) is 53.7. The third-order valence-electron chi connectivity index (χ3n) is 19.9. The van der Waals surface area contributed by atoms with E-state index in [-0.39, 0.29) is 70.6 Å². The molecule has 0 aromatic heterocycles. The molecule has 0 aliphatic carbocycles. The van der Waals surface area contributed by atoms with Crippen LogP contribution in [0.15, 0.2) is 0 Å². The zero-order valence-corrected chi connectivity index (χ0v) is 69.7. The molecule has 0 bridgehead atoms. The summed E-state index contributed by atoms with van der Waals surface area (Å²) < 4.78 is 86.1. The molecule has 3 rings (SSSR count). The molecule has 0 spiro atoms. The minimum atomic E-state index is -1.92. The highest BCUT2D eigenvalue weighted by molar-refractivity contribution is 5.78. The van der Waals surface area contributed by atoms with Gasteiger partial charge in [-0.25, -0.2) is 0 Å². The van der Waals surface area contributed by atoms with E-state index >= 15 is 9.59 Å². The number of nitrogens with one attached hydrogen (secondary N) is 3. The Labute approximate surface area is 663 Å². The number of amides is 3. The van der Waals surface area contributed by atoms with Crippen molar-refractivity contribution in [2.45, 2.75) is 451 Å². The van der Waals surface area contributed by atoms with E-state index < -0.39 is 177 Å². The predicted octanol–water partition coefficient (Wildman–Crippen LogP) is 14.6. The highest BCUT2D eigenvalue weighted by Crippen LogP contribution is 2.38. The Kier molecular flexibility index (Phi) is 54.1. The van der Waals surface area contributed by atoms with Gasteiger partial charge in [0.15, 0.2) is 37.0 Å². The second-order valence-electron chi connectivity index (χ2n) is 30.0. The minimum Gasteiger partial charge on any atom is -0.463 e. The van der Waals surface area contributed by atoms with Gasteiger partial charge in [-0.1, -0.05) is 217 Å². The van der Waals surface area contributed by atoms with Crippen LogP contribution in [0.4, 0.5) is 0 Å². The van der Waals surface area contributed by atoms with Crippen LogP contribution in [0.3, 0.4) is 0 Å². The van der Waals surface area contributed by atoms with Crippen LogP contribution in [0, 0.1) is 0 Å². The van der Waals surface area contributed by atoms with Crippen LogP contribution in [0.25, 0.3) is 0 Å². The van der Waals surface area contributed by atoms with Crippen LogP contribution in [0.1, 0.15) is 359 Å². The summed E-state index contributed by atoms with van der Waals surface area (Å²) in [6.45, 7) is 19.8. The summed E-state index contributed by atoms with van der Waals surface area (Å²) >= 11 is 0. The fourth-order valence-electron chi connectivity index (χ4n) is 13.4. The average molecular weight is 1580 g/mol. The van der Waals surface area contributed by atoms with Crippen molar-refractivity contribution in [3.8, 4) is 0 Å². The summed E-state index contributed by atoms with van der Waals surface area (Å²) in [5, 5.41) is 9.06. The van der Waals surface area contributed by atoms with Gasteiger partial charge in [-0.2, -0.15) is 0 Å². The Morgan fingerprint density at radius 2 is 0.423 bits per heavy atom. The Morgan fingerprint density at radius 3 is 0.685 bits per heavy atom. The van der Waals surface area contributed by atoms with Crippen molar-refractivity contribution in [1.29, 1.82) is 0 Å². The van der Waals surface area contributed by atoms with Crippen LogP contribution in [0.5, 0.6) is 0 Å². The summed E-state index contributed by atoms with van der Waals surface area (Å²) in [5.41, 5.74) is 0. The lowest BCUT2D eigenvalue weighted by molar-refractivity contribution is -0.353. The summed E-state index contributed by atoms with van der Waals surface area (Å²) in [7, 11) is 0. The van der Waals surface area contributed by atoms with E-state index in [9.17, 15) is 43.2 Å². The number of carbonyl (C=O) groups excluding carboxylic acids is 11. The van der Waals surface area contributed by atoms with Crippen molar-refractivity contribution >= 4 is 65.5 Å². The summed E-state index contributed by atoms with van der Waals surface area (Å²) in [6.07, 6.45) is -0.615. The molecular weight excluding hydrogens is 1430 g/mol. The van der Waals surface area contributed by atoms with E-state index in [4.69, 9.17) is 61.6 Å². The summed E-state index contributed by atoms with van der Waals surface area (Å²) in [5.74, 6) is -7.22. The van der Waals surface area contributed by atoms with Gasteiger partial charge in [0.2, 0.25) is 24.0 Å². The van der Waals surface area contributed by atoms with Crippen molar-refractivity contribution in [2.75, 3.05) is 19.8 Å². The topological polar surface area (TPSA) is 344 Å². The molecular formula is C84H145N3O24. The molecule has 640 valence electrons. The molecule has 111 heavy (non-hydrogen) atoms. The van der Waals surface area contributed by atoms with E-state index in [0.29, 0.717) is 141 Å². The molecule has 0 radical (unpaired) electrons. The zero-order chi connectivity index (χ0) is 81.6. The van der Waals surface area contributed by atoms with E-state index in [1.807, 2.05) is 76.2 Å². The van der Waals surface area contributed by atoms with Gasteiger partial charge in [-0.15, -0.1) is 0 Å². The molecule has 3 fully saturated rings. The molecule has 0 saturated carbocycles. The van der Waals surface area contributed by atoms with Gasteiger partial charge < -0.3 is 77.5 Å². The molecule has 3 amide bonds. The number of carbonyl (C=O) groups is 11. The smallest absolute Gasteiger partial charge is 0.308 e. The zero-order valence-electron chi connectivity index (χ0n) is 69.7. The van der Waals surface area contributed by atoms with Gasteiger partial charge in [0.05, 0.1) is 0 Å². The van der Waals surface area contributed by atoms with Crippen LogP contribution in [0.2, 0.25) is 0 Å². The molecule has 27 heteroatoms.